The molecule has 1 unspecified atom stereocenters. The van der Waals surface area contributed by atoms with Gasteiger partial charge in [-0.25, -0.2) is 4.79 Å². The van der Waals surface area contributed by atoms with Crippen molar-refractivity contribution in [1.29, 1.82) is 0 Å². The number of aryl methyl sites for hydroxylation is 1. The van der Waals surface area contributed by atoms with Gasteiger partial charge in [0, 0.05) is 16.3 Å². The molecule has 0 radical (unpaired) electrons. The number of anilines is 1. The Bertz CT molecular complexity index is 1360. The summed E-state index contributed by atoms with van der Waals surface area (Å²) in [6.07, 6.45) is 0. The molecule has 2 heterocycles. The molecule has 5 rings (SSSR count). The van der Waals surface area contributed by atoms with E-state index in [0.29, 0.717) is 16.7 Å². The Labute approximate surface area is 196 Å². The molecule has 3 aromatic carbocycles. The predicted octanol–water partition coefficient (Wildman–Crippen LogP) is 6.40. The predicted molar refractivity (Wildman–Crippen MR) is 129 cm³/mol. The number of nitrogens with zero attached hydrogens (tertiary/aromatic N) is 3. The van der Waals surface area contributed by atoms with Crippen LogP contribution in [0, 0.1) is 6.92 Å². The number of aromatic nitrogens is 2. The lowest BCUT2D eigenvalue weighted by molar-refractivity contribution is 0.244. The van der Waals surface area contributed by atoms with Crippen LogP contribution in [0.5, 0.6) is 0 Å². The first-order chi connectivity index (χ1) is 16.0. The van der Waals surface area contributed by atoms with Crippen molar-refractivity contribution >= 4 is 28.9 Å². The summed E-state index contributed by atoms with van der Waals surface area (Å²) in [4.78, 5) is 19.6. The van der Waals surface area contributed by atoms with Crippen LogP contribution in [0.2, 0.25) is 5.02 Å². The van der Waals surface area contributed by atoms with Crippen LogP contribution in [-0.4, -0.2) is 16.2 Å². The molecule has 0 bridgehead atoms. The Balaban J connectivity index is 1.66. The third kappa shape index (κ3) is 4.01. The molecule has 0 fully saturated rings. The Kier molecular flexibility index (Phi) is 5.44. The van der Waals surface area contributed by atoms with E-state index < -0.39 is 6.04 Å². The van der Waals surface area contributed by atoms with Crippen molar-refractivity contribution in [2.75, 3.05) is 4.90 Å². The number of rotatable bonds is 4. The maximum absolute atomic E-state index is 13.2. The largest absolute Gasteiger partial charge is 0.334 e. The molecule has 2 amide bonds. The number of allylic oxidation sites excluding steroid dienone is 1. The van der Waals surface area contributed by atoms with Crippen molar-refractivity contribution in [3.8, 4) is 11.4 Å². The van der Waals surface area contributed by atoms with Crippen LogP contribution in [0.25, 0.3) is 17.0 Å². The van der Waals surface area contributed by atoms with E-state index in [4.69, 9.17) is 16.1 Å². The molecule has 33 heavy (non-hydrogen) atoms. The monoisotopic (exact) mass is 456 g/mol. The van der Waals surface area contributed by atoms with Gasteiger partial charge in [0.15, 0.2) is 0 Å². The molecule has 1 N–H and O–H groups in total. The first-order valence-electron chi connectivity index (χ1n) is 10.5. The summed E-state index contributed by atoms with van der Waals surface area (Å²) in [6.45, 7) is 3.89. The molecule has 1 aliphatic heterocycles. The van der Waals surface area contributed by atoms with Crippen LogP contribution < -0.4 is 10.2 Å². The summed E-state index contributed by atoms with van der Waals surface area (Å²) >= 11 is 6.14. The number of hydrogen-bond donors (Lipinski definition) is 1. The molecule has 0 saturated carbocycles. The van der Waals surface area contributed by atoms with Gasteiger partial charge in [-0.15, -0.1) is 0 Å². The Morgan fingerprint density at radius 3 is 2.52 bits per heavy atom. The zero-order valence-electron chi connectivity index (χ0n) is 18.1. The fourth-order valence-corrected chi connectivity index (χ4v) is 4.26. The average Bonchev–Trinajstić information content (AvgIpc) is 3.29. The fraction of sp³-hybridized carbons (Fsp3) is 0.115. The Morgan fingerprint density at radius 2 is 1.76 bits per heavy atom. The lowest BCUT2D eigenvalue weighted by Gasteiger charge is -2.35. The standard InChI is InChI=1S/C26H21ClN4O2/c1-16-8-6-13-21(14-16)31-17(2)22(23(28-26(31)32)18-9-4-3-5-10-18)25-29-24(30-33-25)19-11-7-12-20(27)15-19/h3-15,23H,1-2H3,(H,28,32). The molecule has 4 aromatic rings. The number of carbonyl (C=O) groups is 1. The first kappa shape index (κ1) is 21.0. The normalized spacial score (nSPS) is 16.2. The first-order valence-corrected chi connectivity index (χ1v) is 10.9. The zero-order valence-corrected chi connectivity index (χ0v) is 18.9. The van der Waals surface area contributed by atoms with Gasteiger partial charge in [-0.3, -0.25) is 4.90 Å². The second kappa shape index (κ2) is 8.56. The van der Waals surface area contributed by atoms with Gasteiger partial charge in [0.1, 0.15) is 0 Å². The number of halogens is 1. The summed E-state index contributed by atoms with van der Waals surface area (Å²) in [6, 6.07) is 24.2. The highest BCUT2D eigenvalue weighted by atomic mass is 35.5. The van der Waals surface area contributed by atoms with Crippen molar-refractivity contribution in [3.63, 3.8) is 0 Å². The number of benzene rings is 3. The third-order valence-corrected chi connectivity index (χ3v) is 5.85. The van der Waals surface area contributed by atoms with E-state index in [0.717, 1.165) is 33.6 Å². The Morgan fingerprint density at radius 1 is 0.970 bits per heavy atom. The van der Waals surface area contributed by atoms with Gasteiger partial charge in [0.25, 0.3) is 5.89 Å². The number of nitrogens with one attached hydrogen (secondary N) is 1. The van der Waals surface area contributed by atoms with Crippen LogP contribution in [0.15, 0.2) is 89.1 Å². The van der Waals surface area contributed by atoms with Gasteiger partial charge in [0.05, 0.1) is 17.3 Å². The fourth-order valence-electron chi connectivity index (χ4n) is 4.07. The molecule has 7 heteroatoms. The summed E-state index contributed by atoms with van der Waals surface area (Å²) in [7, 11) is 0. The highest BCUT2D eigenvalue weighted by molar-refractivity contribution is 6.30. The van der Waals surface area contributed by atoms with E-state index in [-0.39, 0.29) is 6.03 Å². The topological polar surface area (TPSA) is 71.3 Å². The quantitative estimate of drug-likeness (QED) is 0.385. The maximum Gasteiger partial charge on any atom is 0.326 e. The van der Waals surface area contributed by atoms with E-state index in [9.17, 15) is 4.79 Å². The lowest BCUT2D eigenvalue weighted by Crippen LogP contribution is -2.46. The van der Waals surface area contributed by atoms with Gasteiger partial charge in [-0.2, -0.15) is 4.98 Å². The SMILES string of the molecule is CC1=C(c2nc(-c3cccc(Cl)c3)no2)C(c2ccccc2)NC(=O)N1c1cccc(C)c1. The summed E-state index contributed by atoms with van der Waals surface area (Å²) in [5.74, 6) is 0.771. The van der Waals surface area contributed by atoms with Crippen molar-refractivity contribution in [1.82, 2.24) is 15.5 Å². The molecule has 0 saturated heterocycles. The number of hydrogen-bond acceptors (Lipinski definition) is 4. The van der Waals surface area contributed by atoms with E-state index >= 15 is 0 Å². The molecule has 0 aliphatic carbocycles. The number of carbonyl (C=O) groups excluding carboxylic acids is 1. The van der Waals surface area contributed by atoms with Crippen molar-refractivity contribution in [2.45, 2.75) is 19.9 Å². The van der Waals surface area contributed by atoms with Gasteiger partial charge in [0.2, 0.25) is 5.82 Å². The Hall–Kier alpha value is -3.90. The van der Waals surface area contributed by atoms with Gasteiger partial charge >= 0.3 is 6.03 Å². The molecule has 6 nitrogen and oxygen atoms in total. The molecule has 1 aliphatic rings. The second-order valence-electron chi connectivity index (χ2n) is 7.90. The highest BCUT2D eigenvalue weighted by Gasteiger charge is 2.36. The van der Waals surface area contributed by atoms with Crippen molar-refractivity contribution < 1.29 is 9.32 Å². The summed E-state index contributed by atoms with van der Waals surface area (Å²) in [5.41, 5.74) is 4.96. The van der Waals surface area contributed by atoms with E-state index in [2.05, 4.69) is 15.5 Å². The smallest absolute Gasteiger partial charge is 0.326 e. The number of amides is 2. The van der Waals surface area contributed by atoms with Crippen molar-refractivity contribution in [2.24, 2.45) is 0 Å². The van der Waals surface area contributed by atoms with E-state index in [1.165, 1.54) is 0 Å². The second-order valence-corrected chi connectivity index (χ2v) is 8.34. The zero-order chi connectivity index (χ0) is 22.9. The van der Waals surface area contributed by atoms with Crippen LogP contribution in [0.1, 0.15) is 30.0 Å². The molecule has 1 atom stereocenters. The van der Waals surface area contributed by atoms with Gasteiger partial charge < -0.3 is 9.84 Å². The van der Waals surface area contributed by atoms with E-state index in [1.54, 1.807) is 17.0 Å². The molecular formula is C26H21ClN4O2. The summed E-state index contributed by atoms with van der Waals surface area (Å²) in [5, 5.41) is 7.89. The number of urea groups is 1. The minimum absolute atomic E-state index is 0.217. The maximum atomic E-state index is 13.2. The molecule has 164 valence electrons. The molecular weight excluding hydrogens is 436 g/mol. The van der Waals surface area contributed by atoms with Gasteiger partial charge in [-0.1, -0.05) is 71.4 Å². The third-order valence-electron chi connectivity index (χ3n) is 5.62. The lowest BCUT2D eigenvalue weighted by atomic mass is 9.94. The molecule has 0 spiro atoms. The van der Waals surface area contributed by atoms with Gasteiger partial charge in [-0.05, 0) is 49.2 Å². The van der Waals surface area contributed by atoms with Crippen LogP contribution >= 0.6 is 11.6 Å². The minimum atomic E-state index is -0.438. The highest BCUT2D eigenvalue weighted by Crippen LogP contribution is 2.39. The van der Waals surface area contributed by atoms with E-state index in [1.807, 2.05) is 80.6 Å². The average molecular weight is 457 g/mol. The van der Waals surface area contributed by atoms with Crippen molar-refractivity contribution in [3.05, 3.63) is 107 Å². The van der Waals surface area contributed by atoms with Crippen LogP contribution in [-0.2, 0) is 0 Å². The van der Waals surface area contributed by atoms with Crippen LogP contribution in [0.4, 0.5) is 10.5 Å². The van der Waals surface area contributed by atoms with Crippen LogP contribution in [0.3, 0.4) is 0 Å². The minimum Gasteiger partial charge on any atom is -0.334 e. The molecule has 1 aromatic heterocycles. The summed E-state index contributed by atoms with van der Waals surface area (Å²) < 4.78 is 5.72.